The Kier molecular flexibility index (Phi) is 5.67. The van der Waals surface area contributed by atoms with Crippen molar-refractivity contribution in [3.8, 4) is 5.69 Å². The van der Waals surface area contributed by atoms with Gasteiger partial charge in [-0.05, 0) is 43.2 Å². The Morgan fingerprint density at radius 2 is 1.90 bits per heavy atom. The van der Waals surface area contributed by atoms with Crippen molar-refractivity contribution >= 4 is 34.4 Å². The van der Waals surface area contributed by atoms with E-state index in [0.717, 1.165) is 17.8 Å². The molecule has 2 aromatic carbocycles. The highest BCUT2D eigenvalue weighted by Gasteiger charge is 2.18. The summed E-state index contributed by atoms with van der Waals surface area (Å²) < 4.78 is 1.62. The number of aromatic amines is 1. The van der Waals surface area contributed by atoms with Gasteiger partial charge in [-0.25, -0.2) is 9.67 Å². The molecule has 0 spiro atoms. The van der Waals surface area contributed by atoms with Crippen LogP contribution in [-0.2, 0) is 11.2 Å². The van der Waals surface area contributed by atoms with E-state index in [-0.39, 0.29) is 11.5 Å². The number of aryl methyl sites for hydroxylation is 1. The standard InChI is InChI=1S/C22H21N5O2S/c1-3-15-9-11-16(12-10-15)24-20(28)14(2)30-22-25-19-18(21(29)26-22)13-23-27(19)17-7-5-4-6-8-17/h4-14H,3H2,1-2H3,(H,24,28)(H,25,26,29)/t14-/m0/s1. The maximum absolute atomic E-state index is 12.6. The minimum absolute atomic E-state index is 0.163. The molecule has 2 heterocycles. The number of hydrogen-bond acceptors (Lipinski definition) is 5. The minimum atomic E-state index is -0.454. The van der Waals surface area contributed by atoms with Gasteiger partial charge in [-0.15, -0.1) is 0 Å². The summed E-state index contributed by atoms with van der Waals surface area (Å²) in [5.41, 5.74) is 2.93. The second-order valence-corrected chi connectivity index (χ2v) is 8.13. The molecule has 0 bridgehead atoms. The maximum Gasteiger partial charge on any atom is 0.262 e. The Hall–Kier alpha value is -3.39. The van der Waals surface area contributed by atoms with Crippen LogP contribution in [0.15, 0.2) is 70.7 Å². The van der Waals surface area contributed by atoms with Crippen LogP contribution in [0.1, 0.15) is 19.4 Å². The number of nitrogens with one attached hydrogen (secondary N) is 2. The lowest BCUT2D eigenvalue weighted by atomic mass is 10.1. The zero-order chi connectivity index (χ0) is 21.1. The maximum atomic E-state index is 12.6. The molecule has 152 valence electrons. The molecule has 2 N–H and O–H groups in total. The largest absolute Gasteiger partial charge is 0.325 e. The van der Waals surface area contributed by atoms with Gasteiger partial charge in [-0.1, -0.05) is 49.0 Å². The van der Waals surface area contributed by atoms with Crippen LogP contribution in [0.4, 0.5) is 5.69 Å². The van der Waals surface area contributed by atoms with Gasteiger partial charge in [-0.3, -0.25) is 9.59 Å². The lowest BCUT2D eigenvalue weighted by Gasteiger charge is -2.12. The molecule has 0 aliphatic rings. The van der Waals surface area contributed by atoms with Crippen LogP contribution in [-0.4, -0.2) is 30.9 Å². The predicted molar refractivity (Wildman–Crippen MR) is 119 cm³/mol. The molecular formula is C22H21N5O2S. The van der Waals surface area contributed by atoms with E-state index in [1.807, 2.05) is 54.6 Å². The number of anilines is 1. The van der Waals surface area contributed by atoms with Crippen molar-refractivity contribution in [2.24, 2.45) is 0 Å². The summed E-state index contributed by atoms with van der Waals surface area (Å²) in [4.78, 5) is 32.4. The molecular weight excluding hydrogens is 398 g/mol. The Bertz CT molecular complexity index is 1230. The second kappa shape index (κ2) is 8.54. The summed E-state index contributed by atoms with van der Waals surface area (Å²) in [6, 6.07) is 17.2. The zero-order valence-corrected chi connectivity index (χ0v) is 17.4. The van der Waals surface area contributed by atoms with Gasteiger partial charge in [0.25, 0.3) is 5.56 Å². The molecule has 0 aliphatic carbocycles. The average Bonchev–Trinajstić information content (AvgIpc) is 3.19. The Morgan fingerprint density at radius 3 is 2.60 bits per heavy atom. The Labute approximate surface area is 177 Å². The molecule has 8 heteroatoms. The first kappa shape index (κ1) is 19.9. The number of carbonyl (C=O) groups excluding carboxylic acids is 1. The molecule has 0 saturated carbocycles. The molecule has 1 atom stereocenters. The molecule has 4 aromatic rings. The van der Waals surface area contributed by atoms with Gasteiger partial charge in [0.1, 0.15) is 5.39 Å². The van der Waals surface area contributed by atoms with Gasteiger partial charge in [0.05, 0.1) is 17.1 Å². The normalized spacial score (nSPS) is 12.1. The van der Waals surface area contributed by atoms with Crippen molar-refractivity contribution in [2.75, 3.05) is 5.32 Å². The molecule has 1 amide bonds. The van der Waals surface area contributed by atoms with Crippen molar-refractivity contribution in [1.29, 1.82) is 0 Å². The number of carbonyl (C=O) groups is 1. The van der Waals surface area contributed by atoms with E-state index in [0.29, 0.717) is 16.2 Å². The first-order chi connectivity index (χ1) is 14.5. The van der Waals surface area contributed by atoms with Crippen molar-refractivity contribution in [2.45, 2.75) is 30.7 Å². The minimum Gasteiger partial charge on any atom is -0.325 e. The number of fused-ring (bicyclic) bond motifs is 1. The van der Waals surface area contributed by atoms with Gasteiger partial charge >= 0.3 is 0 Å². The molecule has 2 aromatic heterocycles. The fourth-order valence-electron chi connectivity index (χ4n) is 3.00. The molecule has 30 heavy (non-hydrogen) atoms. The molecule has 0 fully saturated rings. The van der Waals surface area contributed by atoms with Crippen LogP contribution in [0, 0.1) is 0 Å². The van der Waals surface area contributed by atoms with Gasteiger partial charge in [0, 0.05) is 5.69 Å². The third kappa shape index (κ3) is 4.13. The monoisotopic (exact) mass is 419 g/mol. The van der Waals surface area contributed by atoms with E-state index in [1.165, 1.54) is 23.5 Å². The fraction of sp³-hybridized carbons (Fsp3) is 0.182. The topological polar surface area (TPSA) is 92.7 Å². The molecule has 0 radical (unpaired) electrons. The van der Waals surface area contributed by atoms with Crippen LogP contribution in [0.25, 0.3) is 16.7 Å². The smallest absolute Gasteiger partial charge is 0.262 e. The van der Waals surface area contributed by atoms with E-state index in [4.69, 9.17) is 0 Å². The van der Waals surface area contributed by atoms with Gasteiger partial charge in [-0.2, -0.15) is 5.10 Å². The summed E-state index contributed by atoms with van der Waals surface area (Å²) in [7, 11) is 0. The fourth-order valence-corrected chi connectivity index (χ4v) is 3.79. The van der Waals surface area contributed by atoms with Crippen LogP contribution >= 0.6 is 11.8 Å². The second-order valence-electron chi connectivity index (χ2n) is 6.80. The van der Waals surface area contributed by atoms with Crippen LogP contribution in [0.5, 0.6) is 0 Å². The Morgan fingerprint density at radius 1 is 1.17 bits per heavy atom. The number of amides is 1. The van der Waals surface area contributed by atoms with E-state index in [1.54, 1.807) is 11.6 Å². The van der Waals surface area contributed by atoms with Crippen LogP contribution < -0.4 is 10.9 Å². The SMILES string of the molecule is CCc1ccc(NC(=O)[C@H](C)Sc2nc3c(cnn3-c3ccccc3)c(=O)[nH]2)cc1. The molecule has 0 unspecified atom stereocenters. The number of rotatable bonds is 6. The van der Waals surface area contributed by atoms with Crippen molar-refractivity contribution in [3.05, 3.63) is 76.7 Å². The van der Waals surface area contributed by atoms with Crippen LogP contribution in [0.2, 0.25) is 0 Å². The lowest BCUT2D eigenvalue weighted by molar-refractivity contribution is -0.115. The van der Waals surface area contributed by atoms with Crippen LogP contribution in [0.3, 0.4) is 0 Å². The van der Waals surface area contributed by atoms with E-state index >= 15 is 0 Å². The summed E-state index contributed by atoms with van der Waals surface area (Å²) in [6.07, 6.45) is 2.44. The number of aromatic nitrogens is 4. The number of para-hydroxylation sites is 1. The van der Waals surface area contributed by atoms with Crippen molar-refractivity contribution in [3.63, 3.8) is 0 Å². The molecule has 0 aliphatic heterocycles. The summed E-state index contributed by atoms with van der Waals surface area (Å²) in [6.45, 7) is 3.86. The number of thioether (sulfide) groups is 1. The average molecular weight is 420 g/mol. The first-order valence-electron chi connectivity index (χ1n) is 9.65. The van der Waals surface area contributed by atoms with Gasteiger partial charge in [0.15, 0.2) is 10.8 Å². The number of benzene rings is 2. The molecule has 0 saturated heterocycles. The third-order valence-electron chi connectivity index (χ3n) is 4.70. The number of nitrogens with zero attached hydrogens (tertiary/aromatic N) is 3. The highest BCUT2D eigenvalue weighted by Crippen LogP contribution is 2.22. The lowest BCUT2D eigenvalue weighted by Crippen LogP contribution is -2.23. The zero-order valence-electron chi connectivity index (χ0n) is 16.6. The summed E-state index contributed by atoms with van der Waals surface area (Å²) in [5, 5.41) is 7.51. The van der Waals surface area contributed by atoms with E-state index < -0.39 is 5.25 Å². The van der Waals surface area contributed by atoms with Crippen molar-refractivity contribution in [1.82, 2.24) is 19.7 Å². The summed E-state index contributed by atoms with van der Waals surface area (Å²) >= 11 is 1.20. The summed E-state index contributed by atoms with van der Waals surface area (Å²) in [5.74, 6) is -0.163. The predicted octanol–water partition coefficient (Wildman–Crippen LogP) is 3.79. The highest BCUT2D eigenvalue weighted by atomic mass is 32.2. The van der Waals surface area contributed by atoms with Gasteiger partial charge < -0.3 is 10.3 Å². The molecule has 4 rings (SSSR count). The molecule has 7 nitrogen and oxygen atoms in total. The third-order valence-corrected chi connectivity index (χ3v) is 5.69. The van der Waals surface area contributed by atoms with E-state index in [2.05, 4.69) is 27.3 Å². The quantitative estimate of drug-likeness (QED) is 0.366. The Balaban J connectivity index is 1.55. The first-order valence-corrected chi connectivity index (χ1v) is 10.5. The number of hydrogen-bond donors (Lipinski definition) is 2. The van der Waals surface area contributed by atoms with E-state index in [9.17, 15) is 9.59 Å². The number of H-pyrrole nitrogens is 1. The van der Waals surface area contributed by atoms with Gasteiger partial charge in [0.2, 0.25) is 5.91 Å². The highest BCUT2D eigenvalue weighted by molar-refractivity contribution is 8.00. The van der Waals surface area contributed by atoms with Crippen molar-refractivity contribution < 1.29 is 4.79 Å².